The van der Waals surface area contributed by atoms with Gasteiger partial charge < -0.3 is 0 Å². The molecule has 0 saturated carbocycles. The van der Waals surface area contributed by atoms with Gasteiger partial charge in [0, 0.05) is 14.0 Å². The van der Waals surface area contributed by atoms with Crippen molar-refractivity contribution in [2.75, 3.05) is 7.05 Å². The summed E-state index contributed by atoms with van der Waals surface area (Å²) in [6, 6.07) is 0. The summed E-state index contributed by atoms with van der Waals surface area (Å²) in [5.41, 5.74) is 0.0949. The van der Waals surface area contributed by atoms with Crippen molar-refractivity contribution in [3.63, 3.8) is 0 Å². The first kappa shape index (κ1) is 5.77. The highest BCUT2D eigenvalue weighted by Crippen LogP contribution is 1.95. The Labute approximate surface area is 38.5 Å². The molecule has 2 nitrogen and oxygen atoms in total. The second-order valence-corrected chi connectivity index (χ2v) is 2.05. The Morgan fingerprint density at radius 2 is 2.33 bits per heavy atom. The minimum Gasteiger partial charge on any atom is -0.288 e. The molecule has 0 fully saturated rings. The predicted octanol–water partition coefficient (Wildman–Crippen LogP) is 1.29. The molecule has 0 aliphatic heterocycles. The van der Waals surface area contributed by atoms with Gasteiger partial charge in [-0.3, -0.25) is 9.54 Å². The van der Waals surface area contributed by atoms with Crippen LogP contribution >= 0.6 is 8.37 Å². The van der Waals surface area contributed by atoms with E-state index in [-0.39, 0.29) is 5.52 Å². The standard InChI is InChI=1S/C3H6NOP/c1-3(5)6-4-2/h1-2H3. The highest BCUT2D eigenvalue weighted by atomic mass is 31.1. The smallest absolute Gasteiger partial charge is 0.197 e. The predicted molar refractivity (Wildman–Crippen MR) is 26.0 cm³/mol. The molecule has 0 aromatic rings. The van der Waals surface area contributed by atoms with Crippen molar-refractivity contribution in [1.29, 1.82) is 0 Å². The summed E-state index contributed by atoms with van der Waals surface area (Å²) in [6.07, 6.45) is 0. The van der Waals surface area contributed by atoms with E-state index in [9.17, 15) is 4.79 Å². The molecule has 0 aliphatic rings. The molecule has 3 heteroatoms. The van der Waals surface area contributed by atoms with Crippen LogP contribution in [0, 0.1) is 0 Å². The second-order valence-electron chi connectivity index (χ2n) is 0.819. The first-order valence-electron chi connectivity index (χ1n) is 1.57. The van der Waals surface area contributed by atoms with Crippen molar-refractivity contribution in [2.24, 2.45) is 4.74 Å². The number of carbonyl (C=O) groups excluding carboxylic acids is 1. The SMILES string of the molecule is CN=PC(C)=O. The number of nitrogens with zero attached hydrogens (tertiary/aromatic N) is 1. The third-order valence-electron chi connectivity index (χ3n) is 0.241. The van der Waals surface area contributed by atoms with Crippen molar-refractivity contribution >= 4 is 13.9 Å². The summed E-state index contributed by atoms with van der Waals surface area (Å²) in [5.74, 6) is 0. The van der Waals surface area contributed by atoms with E-state index in [2.05, 4.69) is 4.74 Å². The van der Waals surface area contributed by atoms with Crippen LogP contribution in [0.2, 0.25) is 0 Å². The summed E-state index contributed by atoms with van der Waals surface area (Å²) < 4.78 is 3.56. The van der Waals surface area contributed by atoms with Gasteiger partial charge in [-0.05, 0) is 0 Å². The highest BCUT2D eigenvalue weighted by molar-refractivity contribution is 7.48. The van der Waals surface area contributed by atoms with Gasteiger partial charge in [0.15, 0.2) is 5.52 Å². The fourth-order valence-corrected chi connectivity index (χ4v) is 0.422. The zero-order valence-electron chi connectivity index (χ0n) is 3.80. The molecule has 0 aromatic heterocycles. The summed E-state index contributed by atoms with van der Waals surface area (Å²) in [7, 11) is 2.18. The fourth-order valence-electron chi connectivity index (χ4n) is 0.141. The molecule has 0 N–H and O–H groups in total. The monoisotopic (exact) mass is 103 g/mol. The fraction of sp³-hybridized carbons (Fsp3) is 0.667. The van der Waals surface area contributed by atoms with Crippen LogP contribution in [0.1, 0.15) is 6.92 Å². The zero-order chi connectivity index (χ0) is 4.99. The highest BCUT2D eigenvalue weighted by Gasteiger charge is 1.76. The van der Waals surface area contributed by atoms with E-state index in [0.717, 1.165) is 0 Å². The van der Waals surface area contributed by atoms with Crippen molar-refractivity contribution < 1.29 is 4.79 Å². The molecule has 0 rings (SSSR count). The topological polar surface area (TPSA) is 29.4 Å². The molecule has 0 amide bonds. The first-order valence-corrected chi connectivity index (χ1v) is 2.42. The number of hydrogen-bond acceptors (Lipinski definition) is 2. The van der Waals surface area contributed by atoms with E-state index in [0.29, 0.717) is 8.37 Å². The molecule has 0 saturated heterocycles. The zero-order valence-corrected chi connectivity index (χ0v) is 4.70. The molecular weight excluding hydrogens is 97.0 g/mol. The van der Waals surface area contributed by atoms with Gasteiger partial charge in [-0.15, -0.1) is 0 Å². The molecule has 6 heavy (non-hydrogen) atoms. The summed E-state index contributed by atoms with van der Waals surface area (Å²) in [6.45, 7) is 1.51. The Bertz CT molecular complexity index is 78.9. The first-order chi connectivity index (χ1) is 2.77. The van der Waals surface area contributed by atoms with Crippen LogP contribution < -0.4 is 0 Å². The van der Waals surface area contributed by atoms with Crippen LogP contribution in [-0.4, -0.2) is 12.6 Å². The molecular formula is C3H6NOP. The van der Waals surface area contributed by atoms with E-state index < -0.39 is 0 Å². The molecule has 0 bridgehead atoms. The van der Waals surface area contributed by atoms with E-state index in [4.69, 9.17) is 0 Å². The number of rotatable bonds is 1. The number of hydrogen-bond donors (Lipinski definition) is 0. The second kappa shape index (κ2) is 2.98. The van der Waals surface area contributed by atoms with E-state index in [1.54, 1.807) is 7.05 Å². The molecule has 0 aromatic carbocycles. The van der Waals surface area contributed by atoms with Crippen molar-refractivity contribution in [3.05, 3.63) is 0 Å². The molecule has 0 spiro atoms. The third-order valence-corrected chi connectivity index (χ3v) is 0.722. The molecule has 0 radical (unpaired) electrons. The Morgan fingerprint density at radius 1 is 1.83 bits per heavy atom. The average Bonchev–Trinajstić information content (AvgIpc) is 1.35. The largest absolute Gasteiger partial charge is 0.288 e. The lowest BCUT2D eigenvalue weighted by molar-refractivity contribution is -0.109. The van der Waals surface area contributed by atoms with Crippen LogP contribution in [0.4, 0.5) is 0 Å². The lowest BCUT2D eigenvalue weighted by Crippen LogP contribution is -1.65. The molecule has 0 atom stereocenters. The molecule has 0 heterocycles. The van der Waals surface area contributed by atoms with Crippen molar-refractivity contribution in [2.45, 2.75) is 6.92 Å². The lowest BCUT2D eigenvalue weighted by Gasteiger charge is -1.66. The molecule has 0 unspecified atom stereocenters. The third kappa shape index (κ3) is 3.77. The van der Waals surface area contributed by atoms with Crippen molar-refractivity contribution in [3.8, 4) is 0 Å². The Balaban J connectivity index is 3.30. The maximum atomic E-state index is 9.94. The van der Waals surface area contributed by atoms with Gasteiger partial charge in [-0.1, -0.05) is 0 Å². The minimum atomic E-state index is 0.0949. The Hall–Kier alpha value is -0.230. The van der Waals surface area contributed by atoms with Gasteiger partial charge in [0.05, 0.1) is 8.37 Å². The van der Waals surface area contributed by atoms with E-state index in [1.165, 1.54) is 6.92 Å². The van der Waals surface area contributed by atoms with Gasteiger partial charge in [-0.25, -0.2) is 0 Å². The van der Waals surface area contributed by atoms with Crippen LogP contribution in [0.3, 0.4) is 0 Å². The van der Waals surface area contributed by atoms with E-state index in [1.807, 2.05) is 0 Å². The van der Waals surface area contributed by atoms with Gasteiger partial charge in [0.25, 0.3) is 0 Å². The van der Waals surface area contributed by atoms with Crippen LogP contribution in [0.5, 0.6) is 0 Å². The average molecular weight is 103 g/mol. The Kier molecular flexibility index (Phi) is 2.87. The summed E-state index contributed by atoms with van der Waals surface area (Å²) >= 11 is 0. The Morgan fingerprint density at radius 3 is 2.33 bits per heavy atom. The van der Waals surface area contributed by atoms with Crippen molar-refractivity contribution in [1.82, 2.24) is 0 Å². The van der Waals surface area contributed by atoms with Crippen LogP contribution in [-0.2, 0) is 4.79 Å². The molecule has 0 aliphatic carbocycles. The van der Waals surface area contributed by atoms with Crippen LogP contribution in [0.15, 0.2) is 4.74 Å². The lowest BCUT2D eigenvalue weighted by atomic mass is 10.9. The van der Waals surface area contributed by atoms with Gasteiger partial charge >= 0.3 is 0 Å². The summed E-state index contributed by atoms with van der Waals surface area (Å²) in [5, 5.41) is 0. The maximum absolute atomic E-state index is 9.94. The minimum absolute atomic E-state index is 0.0949. The maximum Gasteiger partial charge on any atom is 0.197 e. The van der Waals surface area contributed by atoms with Gasteiger partial charge in [0.2, 0.25) is 0 Å². The normalized spacial score (nSPS) is 9.67. The quantitative estimate of drug-likeness (QED) is 0.460. The number of carbonyl (C=O) groups is 1. The van der Waals surface area contributed by atoms with Gasteiger partial charge in [0.1, 0.15) is 0 Å². The summed E-state index contributed by atoms with van der Waals surface area (Å²) in [4.78, 5) is 9.94. The van der Waals surface area contributed by atoms with Gasteiger partial charge in [-0.2, -0.15) is 0 Å². The van der Waals surface area contributed by atoms with E-state index >= 15 is 0 Å². The van der Waals surface area contributed by atoms with Crippen LogP contribution in [0.25, 0.3) is 0 Å². The molecule has 34 valence electrons.